The van der Waals surface area contributed by atoms with Crippen LogP contribution in [0.15, 0.2) is 35.2 Å². The molecule has 0 spiro atoms. The molecule has 2 heterocycles. The number of alkyl halides is 3. The van der Waals surface area contributed by atoms with Crippen LogP contribution < -0.4 is 5.73 Å². The fraction of sp³-hybridized carbons (Fsp3) is 0.154. The first-order valence-corrected chi connectivity index (χ1v) is 6.39. The summed E-state index contributed by atoms with van der Waals surface area (Å²) in [6, 6.07) is 2.70. The van der Waals surface area contributed by atoms with Gasteiger partial charge in [0.15, 0.2) is 6.29 Å². The van der Waals surface area contributed by atoms with Crippen molar-refractivity contribution in [1.29, 1.82) is 0 Å². The van der Waals surface area contributed by atoms with E-state index in [1.807, 2.05) is 13.0 Å². The maximum Gasteiger partial charge on any atom is 0.417 e. The lowest BCUT2D eigenvalue weighted by molar-refractivity contribution is -0.137. The minimum Gasteiger partial charge on any atom is -0.383 e. The zero-order valence-electron chi connectivity index (χ0n) is 10.9. The minimum absolute atomic E-state index is 0.135. The van der Waals surface area contributed by atoms with E-state index in [1.54, 1.807) is 6.20 Å². The van der Waals surface area contributed by atoms with Gasteiger partial charge in [0.2, 0.25) is 0 Å². The first-order chi connectivity index (χ1) is 9.75. The van der Waals surface area contributed by atoms with Crippen molar-refractivity contribution in [3.05, 3.63) is 51.9 Å². The van der Waals surface area contributed by atoms with Crippen molar-refractivity contribution < 1.29 is 18.0 Å². The number of nitrogens with zero attached hydrogens (tertiary/aromatic N) is 2. The molecule has 0 amide bonds. The SMILES string of the molecule is Cc1cc(Br)cnc1N.O=Cc1cnccc1C(F)(F)F. The Balaban J connectivity index is 0.000000219. The fourth-order valence-corrected chi connectivity index (χ4v) is 1.76. The Morgan fingerprint density at radius 1 is 1.33 bits per heavy atom. The number of aryl methyl sites for hydroxylation is 1. The largest absolute Gasteiger partial charge is 0.417 e. The summed E-state index contributed by atoms with van der Waals surface area (Å²) < 4.78 is 37.1. The highest BCUT2D eigenvalue weighted by atomic mass is 79.9. The average molecular weight is 362 g/mol. The maximum absolute atomic E-state index is 12.0. The fourth-order valence-electron chi connectivity index (χ4n) is 1.31. The third kappa shape index (κ3) is 5.14. The van der Waals surface area contributed by atoms with Crippen LogP contribution in [0, 0.1) is 6.92 Å². The molecule has 0 bridgehead atoms. The van der Waals surface area contributed by atoms with Gasteiger partial charge in [-0.1, -0.05) is 0 Å². The van der Waals surface area contributed by atoms with Crippen LogP contribution in [-0.2, 0) is 6.18 Å². The molecule has 0 aromatic carbocycles. The summed E-state index contributed by atoms with van der Waals surface area (Å²) in [6.07, 6.45) is -0.789. The summed E-state index contributed by atoms with van der Waals surface area (Å²) in [4.78, 5) is 17.4. The minimum atomic E-state index is -4.49. The molecule has 2 aromatic heterocycles. The Hall–Kier alpha value is -1.96. The molecule has 0 aliphatic carbocycles. The highest BCUT2D eigenvalue weighted by Crippen LogP contribution is 2.30. The quantitative estimate of drug-likeness (QED) is 0.787. The number of halogens is 4. The van der Waals surface area contributed by atoms with Crippen molar-refractivity contribution >= 4 is 28.0 Å². The first-order valence-electron chi connectivity index (χ1n) is 5.59. The summed E-state index contributed by atoms with van der Waals surface area (Å²) in [7, 11) is 0. The van der Waals surface area contributed by atoms with Crippen molar-refractivity contribution in [3.63, 3.8) is 0 Å². The van der Waals surface area contributed by atoms with Crippen LogP contribution in [0.5, 0.6) is 0 Å². The van der Waals surface area contributed by atoms with E-state index >= 15 is 0 Å². The molecular formula is C13H11BrF3N3O. The molecule has 0 unspecified atom stereocenters. The number of rotatable bonds is 1. The third-order valence-corrected chi connectivity index (χ3v) is 2.80. The van der Waals surface area contributed by atoms with E-state index < -0.39 is 17.3 Å². The predicted molar refractivity (Wildman–Crippen MR) is 75.7 cm³/mol. The van der Waals surface area contributed by atoms with Crippen molar-refractivity contribution in [2.24, 2.45) is 0 Å². The van der Waals surface area contributed by atoms with Crippen molar-refractivity contribution in [2.45, 2.75) is 13.1 Å². The topological polar surface area (TPSA) is 68.9 Å². The van der Waals surface area contributed by atoms with Gasteiger partial charge in [0.25, 0.3) is 0 Å². The Labute approximate surface area is 127 Å². The Kier molecular flexibility index (Phi) is 5.83. The van der Waals surface area contributed by atoms with Gasteiger partial charge in [0.1, 0.15) is 5.82 Å². The van der Waals surface area contributed by atoms with Crippen LogP contribution in [-0.4, -0.2) is 16.3 Å². The maximum atomic E-state index is 12.0. The second-order valence-electron chi connectivity index (χ2n) is 3.93. The summed E-state index contributed by atoms with van der Waals surface area (Å²) in [5.41, 5.74) is 5.07. The number of nitrogen functional groups attached to an aromatic ring is 1. The van der Waals surface area contributed by atoms with Gasteiger partial charge in [-0.2, -0.15) is 13.2 Å². The van der Waals surface area contributed by atoms with Crippen LogP contribution in [0.2, 0.25) is 0 Å². The molecular weight excluding hydrogens is 351 g/mol. The molecule has 2 rings (SSSR count). The molecule has 8 heteroatoms. The monoisotopic (exact) mass is 361 g/mol. The normalized spacial score (nSPS) is 10.5. The molecule has 0 atom stereocenters. The first kappa shape index (κ1) is 17.1. The number of anilines is 1. The van der Waals surface area contributed by atoms with Gasteiger partial charge in [-0.05, 0) is 40.5 Å². The Bertz CT molecular complexity index is 632. The molecule has 4 nitrogen and oxygen atoms in total. The van der Waals surface area contributed by atoms with E-state index in [1.165, 1.54) is 0 Å². The summed E-state index contributed by atoms with van der Waals surface area (Å²) >= 11 is 3.28. The summed E-state index contributed by atoms with van der Waals surface area (Å²) in [5, 5.41) is 0. The highest BCUT2D eigenvalue weighted by Gasteiger charge is 2.32. The Morgan fingerprint density at radius 3 is 2.43 bits per heavy atom. The zero-order chi connectivity index (χ0) is 16.0. The molecule has 112 valence electrons. The van der Waals surface area contributed by atoms with Gasteiger partial charge in [0, 0.05) is 28.6 Å². The van der Waals surface area contributed by atoms with Gasteiger partial charge in [-0.3, -0.25) is 9.78 Å². The number of carbonyl (C=O) groups excluding carboxylic acids is 1. The van der Waals surface area contributed by atoms with E-state index in [2.05, 4.69) is 25.9 Å². The number of pyridine rings is 2. The van der Waals surface area contributed by atoms with Crippen LogP contribution in [0.4, 0.5) is 19.0 Å². The summed E-state index contributed by atoms with van der Waals surface area (Å²) in [5.74, 6) is 0.596. The molecule has 21 heavy (non-hydrogen) atoms. The lowest BCUT2D eigenvalue weighted by Gasteiger charge is -2.07. The number of hydrogen-bond donors (Lipinski definition) is 1. The molecule has 0 aliphatic heterocycles. The lowest BCUT2D eigenvalue weighted by atomic mass is 10.1. The number of aldehydes is 1. The van der Waals surface area contributed by atoms with E-state index in [4.69, 9.17) is 5.73 Å². The van der Waals surface area contributed by atoms with Crippen LogP contribution >= 0.6 is 15.9 Å². The molecule has 0 aliphatic rings. The van der Waals surface area contributed by atoms with Gasteiger partial charge < -0.3 is 5.73 Å². The van der Waals surface area contributed by atoms with Crippen LogP contribution in [0.25, 0.3) is 0 Å². The third-order valence-electron chi connectivity index (χ3n) is 2.37. The molecule has 0 fully saturated rings. The molecule has 2 aromatic rings. The number of aromatic nitrogens is 2. The molecule has 0 saturated heterocycles. The second kappa shape index (κ2) is 7.16. The molecule has 0 radical (unpaired) electrons. The second-order valence-corrected chi connectivity index (χ2v) is 4.85. The van der Waals surface area contributed by atoms with Crippen molar-refractivity contribution in [1.82, 2.24) is 9.97 Å². The van der Waals surface area contributed by atoms with Gasteiger partial charge in [-0.25, -0.2) is 4.98 Å². The number of carbonyl (C=O) groups is 1. The number of nitrogens with two attached hydrogens (primary N) is 1. The van der Waals surface area contributed by atoms with E-state index in [0.717, 1.165) is 28.5 Å². The van der Waals surface area contributed by atoms with E-state index in [9.17, 15) is 18.0 Å². The van der Waals surface area contributed by atoms with Crippen LogP contribution in [0.1, 0.15) is 21.5 Å². The predicted octanol–water partition coefficient (Wildman–Crippen LogP) is 3.65. The smallest absolute Gasteiger partial charge is 0.383 e. The van der Waals surface area contributed by atoms with Crippen molar-refractivity contribution in [3.8, 4) is 0 Å². The molecule has 0 saturated carbocycles. The van der Waals surface area contributed by atoms with Gasteiger partial charge in [0.05, 0.1) is 5.56 Å². The van der Waals surface area contributed by atoms with Crippen LogP contribution in [0.3, 0.4) is 0 Å². The van der Waals surface area contributed by atoms with E-state index in [-0.39, 0.29) is 6.29 Å². The van der Waals surface area contributed by atoms with Gasteiger partial charge in [-0.15, -0.1) is 0 Å². The van der Waals surface area contributed by atoms with Crippen molar-refractivity contribution in [2.75, 3.05) is 5.73 Å². The highest BCUT2D eigenvalue weighted by molar-refractivity contribution is 9.10. The van der Waals surface area contributed by atoms with E-state index in [0.29, 0.717) is 5.82 Å². The lowest BCUT2D eigenvalue weighted by Crippen LogP contribution is -2.08. The zero-order valence-corrected chi connectivity index (χ0v) is 12.4. The standard InChI is InChI=1S/C7H4F3NO.C6H7BrN2/c8-7(9,10)6-1-2-11-3-5(6)4-12;1-4-2-5(7)3-9-6(4)8/h1-4H;2-3H,1H3,(H2,8,9). The number of hydrogen-bond acceptors (Lipinski definition) is 4. The molecule has 2 N–H and O–H groups in total. The average Bonchev–Trinajstić information content (AvgIpc) is 2.43. The summed E-state index contributed by atoms with van der Waals surface area (Å²) in [6.45, 7) is 1.92. The van der Waals surface area contributed by atoms with Gasteiger partial charge >= 0.3 is 6.18 Å². The Morgan fingerprint density at radius 2 is 2.00 bits per heavy atom.